The summed E-state index contributed by atoms with van der Waals surface area (Å²) in [4.78, 5) is 28.9. The Bertz CT molecular complexity index is 1560. The molecule has 4 nitrogen and oxygen atoms in total. The van der Waals surface area contributed by atoms with E-state index in [-0.39, 0.29) is 5.56 Å². The lowest BCUT2D eigenvalue weighted by molar-refractivity contribution is 0.152. The van der Waals surface area contributed by atoms with Gasteiger partial charge in [-0.1, -0.05) is 66.7 Å². The van der Waals surface area contributed by atoms with Gasteiger partial charge in [-0.05, 0) is 34.7 Å². The number of aromatic nitrogens is 2. The average Bonchev–Trinajstić information content (AvgIpc) is 2.79. The summed E-state index contributed by atoms with van der Waals surface area (Å²) in [6.07, 6.45) is -2.63. The summed E-state index contributed by atoms with van der Waals surface area (Å²) >= 11 is 0. The van der Waals surface area contributed by atoms with Gasteiger partial charge in [0.25, 0.3) is 12.0 Å². The van der Waals surface area contributed by atoms with E-state index in [2.05, 4.69) is 4.98 Å². The minimum absolute atomic E-state index is 0.103. The lowest BCUT2D eigenvalue weighted by atomic mass is 9.99. The number of fused-ring (bicyclic) bond motifs is 2. The summed E-state index contributed by atoms with van der Waals surface area (Å²) in [5.41, 5.74) is 0.483. The lowest BCUT2D eigenvalue weighted by Gasteiger charge is -2.12. The molecular weight excluding hydrogens is 398 g/mol. The predicted molar refractivity (Wildman–Crippen MR) is 118 cm³/mol. The van der Waals surface area contributed by atoms with E-state index in [0.717, 1.165) is 15.3 Å². The fraction of sp³-hybridized carbons (Fsp3) is 0.0400. The van der Waals surface area contributed by atoms with Crippen LogP contribution in [0.5, 0.6) is 0 Å². The Labute approximate surface area is 175 Å². The highest BCUT2D eigenvalue weighted by atomic mass is 19.3. The number of H-pyrrole nitrogens is 1. The molecule has 0 bridgehead atoms. The molecule has 1 N–H and O–H groups in total. The van der Waals surface area contributed by atoms with Crippen LogP contribution in [-0.4, -0.2) is 9.55 Å². The minimum atomic E-state index is -2.63. The first kappa shape index (κ1) is 18.9. The largest absolute Gasteiger partial charge is 0.333 e. The molecule has 0 spiro atoms. The molecule has 0 saturated carbocycles. The fourth-order valence-corrected chi connectivity index (χ4v) is 3.96. The van der Waals surface area contributed by atoms with Gasteiger partial charge in [0.05, 0.1) is 16.6 Å². The molecule has 0 aliphatic heterocycles. The van der Waals surface area contributed by atoms with E-state index in [1.54, 1.807) is 48.5 Å². The molecule has 0 saturated heterocycles. The number of nitrogens with one attached hydrogen (secondary N) is 1. The normalized spacial score (nSPS) is 11.5. The third-order valence-corrected chi connectivity index (χ3v) is 5.41. The van der Waals surface area contributed by atoms with Crippen LogP contribution in [0.1, 0.15) is 12.0 Å². The van der Waals surface area contributed by atoms with E-state index in [1.165, 1.54) is 6.07 Å². The van der Waals surface area contributed by atoms with Crippen molar-refractivity contribution in [1.82, 2.24) is 9.55 Å². The van der Waals surface area contributed by atoms with Crippen LogP contribution in [-0.2, 0) is 0 Å². The van der Waals surface area contributed by atoms with Crippen LogP contribution in [0.2, 0.25) is 0 Å². The Morgan fingerprint density at radius 1 is 0.774 bits per heavy atom. The molecule has 31 heavy (non-hydrogen) atoms. The number of nitrogens with zero attached hydrogens (tertiary/aromatic N) is 1. The van der Waals surface area contributed by atoms with Gasteiger partial charge in [-0.25, -0.2) is 18.1 Å². The van der Waals surface area contributed by atoms with Crippen LogP contribution in [0, 0.1) is 0 Å². The highest BCUT2D eigenvalue weighted by Gasteiger charge is 2.16. The fourth-order valence-electron chi connectivity index (χ4n) is 3.96. The van der Waals surface area contributed by atoms with E-state index in [1.807, 2.05) is 30.3 Å². The summed E-state index contributed by atoms with van der Waals surface area (Å²) in [5, 5.41) is 1.98. The Balaban J connectivity index is 1.75. The molecule has 152 valence electrons. The van der Waals surface area contributed by atoms with Gasteiger partial charge >= 0.3 is 5.69 Å². The SMILES string of the molecule is O=c1[nH]c2cc(-c3ccccc3C(F)F)ccc2c(=O)n1-c1cccc2ccccc12. The number of alkyl halides is 2. The van der Waals surface area contributed by atoms with Crippen molar-refractivity contribution in [3.8, 4) is 16.8 Å². The molecule has 0 fully saturated rings. The maximum absolute atomic E-state index is 13.4. The van der Waals surface area contributed by atoms with Gasteiger partial charge in [-0.2, -0.15) is 0 Å². The zero-order chi connectivity index (χ0) is 21.5. The maximum atomic E-state index is 13.4. The van der Waals surface area contributed by atoms with E-state index in [9.17, 15) is 18.4 Å². The van der Waals surface area contributed by atoms with Crippen molar-refractivity contribution in [2.24, 2.45) is 0 Å². The summed E-state index contributed by atoms with van der Waals surface area (Å²) in [6.45, 7) is 0. The van der Waals surface area contributed by atoms with Crippen molar-refractivity contribution >= 4 is 21.7 Å². The van der Waals surface area contributed by atoms with Gasteiger partial charge in [-0.15, -0.1) is 0 Å². The van der Waals surface area contributed by atoms with Crippen LogP contribution in [0.3, 0.4) is 0 Å². The Hall–Kier alpha value is -4.06. The van der Waals surface area contributed by atoms with Gasteiger partial charge in [0, 0.05) is 10.9 Å². The van der Waals surface area contributed by atoms with E-state index in [0.29, 0.717) is 27.7 Å². The zero-order valence-electron chi connectivity index (χ0n) is 16.2. The van der Waals surface area contributed by atoms with Crippen molar-refractivity contribution in [3.05, 3.63) is 111 Å². The van der Waals surface area contributed by atoms with Gasteiger partial charge in [0.15, 0.2) is 0 Å². The molecule has 6 heteroatoms. The molecule has 0 atom stereocenters. The monoisotopic (exact) mass is 414 g/mol. The van der Waals surface area contributed by atoms with Gasteiger partial charge in [0.2, 0.25) is 0 Å². The van der Waals surface area contributed by atoms with Crippen LogP contribution < -0.4 is 11.2 Å². The molecule has 5 aromatic rings. The quantitative estimate of drug-likeness (QED) is 0.428. The number of benzene rings is 4. The molecule has 0 radical (unpaired) electrons. The van der Waals surface area contributed by atoms with Crippen LogP contribution in [0.15, 0.2) is 94.5 Å². The van der Waals surface area contributed by atoms with Crippen molar-refractivity contribution in [1.29, 1.82) is 0 Å². The first-order valence-corrected chi connectivity index (χ1v) is 9.69. The first-order valence-electron chi connectivity index (χ1n) is 9.69. The van der Waals surface area contributed by atoms with Crippen molar-refractivity contribution in [2.45, 2.75) is 6.43 Å². The Morgan fingerprint density at radius 3 is 2.35 bits per heavy atom. The van der Waals surface area contributed by atoms with Crippen LogP contribution in [0.4, 0.5) is 8.78 Å². The maximum Gasteiger partial charge on any atom is 0.333 e. The first-order chi connectivity index (χ1) is 15.0. The number of rotatable bonds is 3. The molecule has 0 aliphatic rings. The molecule has 1 heterocycles. The van der Waals surface area contributed by atoms with E-state index in [4.69, 9.17) is 0 Å². The van der Waals surface area contributed by atoms with Crippen molar-refractivity contribution < 1.29 is 8.78 Å². The lowest BCUT2D eigenvalue weighted by Crippen LogP contribution is -2.33. The summed E-state index contributed by atoms with van der Waals surface area (Å²) in [6, 6.07) is 23.8. The number of aromatic amines is 1. The highest BCUT2D eigenvalue weighted by Crippen LogP contribution is 2.32. The average molecular weight is 414 g/mol. The molecule has 0 amide bonds. The second kappa shape index (κ2) is 7.32. The molecular formula is C25H16F2N2O2. The standard InChI is InChI=1S/C25H16F2N2O2/c26-23(27)19-10-4-3-8-17(19)16-12-13-20-21(14-16)28-25(31)29(24(20)30)22-11-5-7-15-6-1-2-9-18(15)22/h1-14,23H,(H,28,31). The van der Waals surface area contributed by atoms with Crippen LogP contribution >= 0.6 is 0 Å². The zero-order valence-corrected chi connectivity index (χ0v) is 16.2. The van der Waals surface area contributed by atoms with Gasteiger partial charge < -0.3 is 4.98 Å². The van der Waals surface area contributed by atoms with Crippen molar-refractivity contribution in [2.75, 3.05) is 0 Å². The summed E-state index contributed by atoms with van der Waals surface area (Å²) < 4.78 is 27.9. The van der Waals surface area contributed by atoms with E-state index >= 15 is 0 Å². The molecule has 0 aliphatic carbocycles. The summed E-state index contributed by atoms with van der Waals surface area (Å²) in [5.74, 6) is 0. The molecule has 0 unspecified atom stereocenters. The van der Waals surface area contributed by atoms with Gasteiger partial charge in [-0.3, -0.25) is 4.79 Å². The topological polar surface area (TPSA) is 54.9 Å². The second-order valence-corrected chi connectivity index (χ2v) is 7.22. The smallest absolute Gasteiger partial charge is 0.306 e. The minimum Gasteiger partial charge on any atom is -0.306 e. The highest BCUT2D eigenvalue weighted by molar-refractivity contribution is 5.91. The number of halogens is 2. The predicted octanol–water partition coefficient (Wildman–Crippen LogP) is 5.44. The molecule has 4 aromatic carbocycles. The molecule has 5 rings (SSSR count). The van der Waals surface area contributed by atoms with E-state index < -0.39 is 17.7 Å². The van der Waals surface area contributed by atoms with Crippen LogP contribution in [0.25, 0.3) is 38.5 Å². The number of hydrogen-bond acceptors (Lipinski definition) is 2. The third kappa shape index (κ3) is 3.13. The number of hydrogen-bond donors (Lipinski definition) is 1. The second-order valence-electron chi connectivity index (χ2n) is 7.22. The summed E-state index contributed by atoms with van der Waals surface area (Å²) in [7, 11) is 0. The third-order valence-electron chi connectivity index (χ3n) is 5.41. The van der Waals surface area contributed by atoms with Gasteiger partial charge in [0.1, 0.15) is 0 Å². The Kier molecular flexibility index (Phi) is 4.47. The van der Waals surface area contributed by atoms with Crippen molar-refractivity contribution in [3.63, 3.8) is 0 Å². The Morgan fingerprint density at radius 2 is 1.52 bits per heavy atom. The molecule has 1 aromatic heterocycles.